The van der Waals surface area contributed by atoms with E-state index in [-0.39, 0.29) is 16.5 Å². The molecule has 0 saturated carbocycles. The Morgan fingerprint density at radius 1 is 1.50 bits per heavy atom. The van der Waals surface area contributed by atoms with Crippen LogP contribution in [0.15, 0.2) is 27.6 Å². The van der Waals surface area contributed by atoms with E-state index in [0.717, 1.165) is 4.47 Å². The van der Waals surface area contributed by atoms with Crippen molar-refractivity contribution in [3.05, 3.63) is 27.7 Å². The van der Waals surface area contributed by atoms with Crippen LogP contribution in [0, 0.1) is 12.3 Å². The van der Waals surface area contributed by atoms with Gasteiger partial charge in [0.05, 0.1) is 5.02 Å². The first kappa shape index (κ1) is 13.5. The molecule has 86 valence electrons. The first-order chi connectivity index (χ1) is 7.47. The number of sulfonamides is 1. The summed E-state index contributed by atoms with van der Waals surface area (Å²) < 4.78 is 26.6. The molecule has 1 aromatic carbocycles. The molecule has 0 fully saturated rings. The highest BCUT2D eigenvalue weighted by Gasteiger charge is 2.16. The van der Waals surface area contributed by atoms with Gasteiger partial charge in [-0.2, -0.15) is 0 Å². The Morgan fingerprint density at radius 2 is 2.19 bits per heavy atom. The lowest BCUT2D eigenvalue weighted by Crippen LogP contribution is -2.24. The Balaban J connectivity index is 2.95. The second-order valence-electron chi connectivity index (χ2n) is 2.93. The van der Waals surface area contributed by atoms with Crippen molar-refractivity contribution < 1.29 is 8.42 Å². The van der Waals surface area contributed by atoms with E-state index in [1.165, 1.54) is 12.1 Å². The van der Waals surface area contributed by atoms with Crippen LogP contribution in [0.3, 0.4) is 0 Å². The van der Waals surface area contributed by atoms with E-state index in [1.807, 2.05) is 0 Å². The van der Waals surface area contributed by atoms with Crippen LogP contribution >= 0.6 is 27.5 Å². The third-order valence-electron chi connectivity index (χ3n) is 1.74. The molecule has 0 saturated heterocycles. The summed E-state index contributed by atoms with van der Waals surface area (Å²) in [5.41, 5.74) is 0. The predicted octanol–water partition coefficient (Wildman–Crippen LogP) is 2.40. The van der Waals surface area contributed by atoms with Crippen LogP contribution in [0.1, 0.15) is 6.42 Å². The van der Waals surface area contributed by atoms with Gasteiger partial charge in [-0.25, -0.2) is 13.1 Å². The number of hydrogen-bond donors (Lipinski definition) is 1. The Bertz CT molecular complexity index is 522. The molecule has 0 aliphatic carbocycles. The summed E-state index contributed by atoms with van der Waals surface area (Å²) in [5, 5.41) is 0.169. The van der Waals surface area contributed by atoms with Crippen LogP contribution in [0.5, 0.6) is 0 Å². The minimum Gasteiger partial charge on any atom is -0.210 e. The van der Waals surface area contributed by atoms with Gasteiger partial charge in [-0.1, -0.05) is 27.5 Å². The van der Waals surface area contributed by atoms with Gasteiger partial charge >= 0.3 is 0 Å². The highest BCUT2D eigenvalue weighted by atomic mass is 79.9. The van der Waals surface area contributed by atoms with Crippen molar-refractivity contribution in [1.82, 2.24) is 4.72 Å². The third kappa shape index (κ3) is 3.49. The summed E-state index contributed by atoms with van der Waals surface area (Å²) in [6.07, 6.45) is 5.37. The van der Waals surface area contributed by atoms with Crippen molar-refractivity contribution in [3.63, 3.8) is 0 Å². The van der Waals surface area contributed by atoms with Gasteiger partial charge in [-0.3, -0.25) is 0 Å². The average molecular weight is 323 g/mol. The lowest BCUT2D eigenvalue weighted by Gasteiger charge is -2.07. The zero-order valence-corrected chi connectivity index (χ0v) is 11.4. The summed E-state index contributed by atoms with van der Waals surface area (Å²) in [5.74, 6) is 2.35. The SMILES string of the molecule is C#CCCNS(=O)(=O)c1ccc(Br)cc1Cl. The maximum absolute atomic E-state index is 11.8. The topological polar surface area (TPSA) is 46.2 Å². The molecule has 3 nitrogen and oxygen atoms in total. The largest absolute Gasteiger partial charge is 0.242 e. The molecule has 0 heterocycles. The fraction of sp³-hybridized carbons (Fsp3) is 0.200. The van der Waals surface area contributed by atoms with Crippen LogP contribution < -0.4 is 4.72 Å². The monoisotopic (exact) mass is 321 g/mol. The van der Waals surface area contributed by atoms with Crippen molar-refractivity contribution in [2.24, 2.45) is 0 Å². The van der Waals surface area contributed by atoms with E-state index >= 15 is 0 Å². The molecule has 16 heavy (non-hydrogen) atoms. The molecular formula is C10H9BrClNO2S. The van der Waals surface area contributed by atoms with E-state index < -0.39 is 10.0 Å². The molecule has 0 bridgehead atoms. The fourth-order valence-corrected chi connectivity index (χ4v) is 3.10. The first-order valence-electron chi connectivity index (χ1n) is 4.35. The lowest BCUT2D eigenvalue weighted by atomic mass is 10.4. The first-order valence-corrected chi connectivity index (χ1v) is 7.01. The maximum atomic E-state index is 11.8. The third-order valence-corrected chi connectivity index (χ3v) is 4.18. The molecule has 0 unspecified atom stereocenters. The minimum atomic E-state index is -3.58. The number of nitrogens with one attached hydrogen (secondary N) is 1. The zero-order chi connectivity index (χ0) is 12.2. The molecule has 0 atom stereocenters. The van der Waals surface area contributed by atoms with E-state index in [0.29, 0.717) is 6.42 Å². The van der Waals surface area contributed by atoms with E-state index in [9.17, 15) is 8.42 Å². The van der Waals surface area contributed by atoms with Crippen LogP contribution in [-0.4, -0.2) is 15.0 Å². The zero-order valence-electron chi connectivity index (χ0n) is 8.20. The molecule has 0 aliphatic heterocycles. The van der Waals surface area contributed by atoms with Crippen LogP contribution in [0.4, 0.5) is 0 Å². The molecular weight excluding hydrogens is 314 g/mol. The number of terminal acetylenes is 1. The normalized spacial score (nSPS) is 11.1. The Kier molecular flexibility index (Phi) is 4.81. The van der Waals surface area contributed by atoms with Gasteiger partial charge in [-0.15, -0.1) is 12.3 Å². The van der Waals surface area contributed by atoms with Crippen molar-refractivity contribution >= 4 is 37.6 Å². The number of rotatable bonds is 4. The second-order valence-corrected chi connectivity index (χ2v) is 5.98. The number of halogens is 2. The summed E-state index contributed by atoms with van der Waals surface area (Å²) in [4.78, 5) is 0.0504. The van der Waals surface area contributed by atoms with Gasteiger partial charge < -0.3 is 0 Å². The van der Waals surface area contributed by atoms with Gasteiger partial charge in [0.25, 0.3) is 0 Å². The molecule has 0 amide bonds. The second kappa shape index (κ2) is 5.69. The Hall–Kier alpha value is -0.540. The Labute approximate surface area is 108 Å². The number of hydrogen-bond acceptors (Lipinski definition) is 2. The molecule has 0 aromatic heterocycles. The molecule has 1 rings (SSSR count). The van der Waals surface area contributed by atoms with Gasteiger partial charge in [-0.05, 0) is 18.2 Å². The fourth-order valence-electron chi connectivity index (χ4n) is 1.03. The molecule has 0 radical (unpaired) electrons. The van der Waals surface area contributed by atoms with Crippen molar-refractivity contribution in [2.75, 3.05) is 6.54 Å². The van der Waals surface area contributed by atoms with Crippen molar-refractivity contribution in [3.8, 4) is 12.3 Å². The molecule has 6 heteroatoms. The van der Waals surface area contributed by atoms with Gasteiger partial charge in [0.15, 0.2) is 0 Å². The van der Waals surface area contributed by atoms with Crippen LogP contribution in [-0.2, 0) is 10.0 Å². The summed E-state index contributed by atoms with van der Waals surface area (Å²) in [6, 6.07) is 4.57. The predicted molar refractivity (Wildman–Crippen MR) is 67.8 cm³/mol. The molecule has 0 spiro atoms. The van der Waals surface area contributed by atoms with Gasteiger partial charge in [0, 0.05) is 17.4 Å². The molecule has 1 N–H and O–H groups in total. The standard InChI is InChI=1S/C10H9BrClNO2S/c1-2-3-6-13-16(14,15)10-5-4-8(11)7-9(10)12/h1,4-5,7,13H,3,6H2. The molecule has 1 aromatic rings. The Morgan fingerprint density at radius 3 is 2.75 bits per heavy atom. The smallest absolute Gasteiger partial charge is 0.210 e. The van der Waals surface area contributed by atoms with Crippen LogP contribution in [0.2, 0.25) is 5.02 Å². The summed E-state index contributed by atoms with van der Waals surface area (Å²) >= 11 is 9.04. The minimum absolute atomic E-state index is 0.0504. The van der Waals surface area contributed by atoms with Crippen molar-refractivity contribution in [1.29, 1.82) is 0 Å². The van der Waals surface area contributed by atoms with E-state index in [4.69, 9.17) is 18.0 Å². The van der Waals surface area contributed by atoms with Gasteiger partial charge in [0.2, 0.25) is 10.0 Å². The van der Waals surface area contributed by atoms with E-state index in [2.05, 4.69) is 26.6 Å². The highest BCUT2D eigenvalue weighted by Crippen LogP contribution is 2.24. The molecule has 0 aliphatic rings. The van der Waals surface area contributed by atoms with E-state index in [1.54, 1.807) is 6.07 Å². The van der Waals surface area contributed by atoms with Crippen LogP contribution in [0.25, 0.3) is 0 Å². The number of benzene rings is 1. The highest BCUT2D eigenvalue weighted by molar-refractivity contribution is 9.10. The quantitative estimate of drug-likeness (QED) is 0.683. The summed E-state index contributed by atoms with van der Waals surface area (Å²) in [7, 11) is -3.58. The summed E-state index contributed by atoms with van der Waals surface area (Å²) in [6.45, 7) is 0.200. The average Bonchev–Trinajstić information content (AvgIpc) is 2.17. The maximum Gasteiger partial charge on any atom is 0.242 e. The lowest BCUT2D eigenvalue weighted by molar-refractivity contribution is 0.582. The van der Waals surface area contributed by atoms with Crippen molar-refractivity contribution in [2.45, 2.75) is 11.3 Å². The van der Waals surface area contributed by atoms with Gasteiger partial charge in [0.1, 0.15) is 4.90 Å².